The molecular weight excluding hydrogens is 156 g/mol. The molecule has 0 spiro atoms. The second-order valence-electron chi connectivity index (χ2n) is 3.27. The number of carboxylic acid groups (broad SMARTS) is 1. The van der Waals surface area contributed by atoms with Gasteiger partial charge in [-0.2, -0.15) is 0 Å². The summed E-state index contributed by atoms with van der Waals surface area (Å²) >= 11 is 0. The summed E-state index contributed by atoms with van der Waals surface area (Å²) < 4.78 is 5.41. The monoisotopic (exact) mass is 172 g/mol. The van der Waals surface area contributed by atoms with Crippen molar-refractivity contribution in [2.24, 2.45) is 0 Å². The first kappa shape index (κ1) is 9.52. The van der Waals surface area contributed by atoms with Gasteiger partial charge in [-0.1, -0.05) is 6.42 Å². The van der Waals surface area contributed by atoms with E-state index in [1.165, 1.54) is 6.42 Å². The van der Waals surface area contributed by atoms with Gasteiger partial charge in [0.1, 0.15) is 0 Å². The zero-order valence-electron chi connectivity index (χ0n) is 7.29. The number of hydrogen-bond donors (Lipinski definition) is 1. The van der Waals surface area contributed by atoms with Gasteiger partial charge < -0.3 is 9.84 Å². The van der Waals surface area contributed by atoms with Crippen LogP contribution in [-0.4, -0.2) is 23.8 Å². The fourth-order valence-electron chi connectivity index (χ4n) is 1.52. The van der Waals surface area contributed by atoms with Gasteiger partial charge in [-0.05, 0) is 25.7 Å². The maximum atomic E-state index is 10.2. The third-order valence-corrected chi connectivity index (χ3v) is 2.19. The van der Waals surface area contributed by atoms with Crippen LogP contribution in [0, 0.1) is 0 Å². The Bertz CT molecular complexity index is 139. The highest BCUT2D eigenvalue weighted by atomic mass is 16.5. The SMILES string of the molecule is O=C(O)CCCC[C@H]1CCCO1. The van der Waals surface area contributed by atoms with Crippen molar-refractivity contribution in [2.75, 3.05) is 6.61 Å². The van der Waals surface area contributed by atoms with Crippen LogP contribution in [0.15, 0.2) is 0 Å². The Balaban J connectivity index is 1.91. The lowest BCUT2D eigenvalue weighted by Gasteiger charge is -2.07. The van der Waals surface area contributed by atoms with Crippen LogP contribution in [0.4, 0.5) is 0 Å². The second kappa shape index (κ2) is 5.14. The highest BCUT2D eigenvalue weighted by Crippen LogP contribution is 2.17. The maximum Gasteiger partial charge on any atom is 0.303 e. The van der Waals surface area contributed by atoms with E-state index in [1.807, 2.05) is 0 Å². The number of rotatable bonds is 5. The molecular formula is C9H16O3. The van der Waals surface area contributed by atoms with E-state index >= 15 is 0 Å². The molecule has 0 aromatic rings. The van der Waals surface area contributed by atoms with Crippen molar-refractivity contribution in [3.05, 3.63) is 0 Å². The molecule has 12 heavy (non-hydrogen) atoms. The largest absolute Gasteiger partial charge is 0.481 e. The molecule has 1 rings (SSSR count). The summed E-state index contributed by atoms with van der Waals surface area (Å²) in [6, 6.07) is 0. The van der Waals surface area contributed by atoms with Gasteiger partial charge in [-0.3, -0.25) is 4.79 Å². The molecule has 0 radical (unpaired) electrons. The van der Waals surface area contributed by atoms with Crippen molar-refractivity contribution >= 4 is 5.97 Å². The molecule has 70 valence electrons. The minimum absolute atomic E-state index is 0.298. The Hall–Kier alpha value is -0.570. The van der Waals surface area contributed by atoms with Crippen LogP contribution in [0.1, 0.15) is 38.5 Å². The lowest BCUT2D eigenvalue weighted by atomic mass is 10.1. The molecule has 1 saturated heterocycles. The van der Waals surface area contributed by atoms with Crippen molar-refractivity contribution in [1.29, 1.82) is 0 Å². The first-order chi connectivity index (χ1) is 5.79. The van der Waals surface area contributed by atoms with Crippen molar-refractivity contribution in [2.45, 2.75) is 44.6 Å². The normalized spacial score (nSPS) is 22.8. The Kier molecular flexibility index (Phi) is 4.08. The maximum absolute atomic E-state index is 10.2. The summed E-state index contributed by atoms with van der Waals surface area (Å²) in [4.78, 5) is 10.2. The number of unbranched alkanes of at least 4 members (excludes halogenated alkanes) is 1. The summed E-state index contributed by atoms with van der Waals surface area (Å²) in [5.41, 5.74) is 0. The fourth-order valence-corrected chi connectivity index (χ4v) is 1.52. The highest BCUT2D eigenvalue weighted by Gasteiger charge is 2.14. The molecule has 0 aromatic heterocycles. The molecule has 0 saturated carbocycles. The molecule has 3 nitrogen and oxygen atoms in total. The average Bonchev–Trinajstić information content (AvgIpc) is 2.49. The van der Waals surface area contributed by atoms with Crippen LogP contribution >= 0.6 is 0 Å². The topological polar surface area (TPSA) is 46.5 Å². The van der Waals surface area contributed by atoms with Gasteiger partial charge in [0.2, 0.25) is 0 Å². The first-order valence-corrected chi connectivity index (χ1v) is 4.62. The summed E-state index contributed by atoms with van der Waals surface area (Å²) in [5.74, 6) is -0.692. The summed E-state index contributed by atoms with van der Waals surface area (Å²) in [6.07, 6.45) is 5.85. The lowest BCUT2D eigenvalue weighted by Crippen LogP contribution is -2.04. The van der Waals surface area contributed by atoms with E-state index in [4.69, 9.17) is 9.84 Å². The minimum Gasteiger partial charge on any atom is -0.481 e. The van der Waals surface area contributed by atoms with Crippen LogP contribution in [0.25, 0.3) is 0 Å². The van der Waals surface area contributed by atoms with Crippen LogP contribution in [-0.2, 0) is 9.53 Å². The Morgan fingerprint density at radius 1 is 1.50 bits per heavy atom. The zero-order chi connectivity index (χ0) is 8.81. The average molecular weight is 172 g/mol. The predicted octanol–water partition coefficient (Wildman–Crippen LogP) is 1.81. The molecule has 3 heteroatoms. The number of ether oxygens (including phenoxy) is 1. The molecule has 1 heterocycles. The number of hydrogen-bond acceptors (Lipinski definition) is 2. The van der Waals surface area contributed by atoms with E-state index in [0.29, 0.717) is 12.5 Å². The van der Waals surface area contributed by atoms with Gasteiger partial charge in [0.25, 0.3) is 0 Å². The Morgan fingerprint density at radius 3 is 2.92 bits per heavy atom. The molecule has 0 bridgehead atoms. The summed E-state index contributed by atoms with van der Waals surface area (Å²) in [7, 11) is 0. The molecule has 0 aliphatic carbocycles. The van der Waals surface area contributed by atoms with Crippen molar-refractivity contribution in [1.82, 2.24) is 0 Å². The zero-order valence-corrected chi connectivity index (χ0v) is 7.29. The second-order valence-corrected chi connectivity index (χ2v) is 3.27. The molecule has 1 aliphatic heterocycles. The van der Waals surface area contributed by atoms with Crippen LogP contribution in [0.2, 0.25) is 0 Å². The quantitative estimate of drug-likeness (QED) is 0.643. The van der Waals surface area contributed by atoms with Crippen LogP contribution < -0.4 is 0 Å². The molecule has 1 fully saturated rings. The van der Waals surface area contributed by atoms with Gasteiger partial charge in [-0.15, -0.1) is 0 Å². The molecule has 1 atom stereocenters. The summed E-state index contributed by atoms with van der Waals surface area (Å²) in [6.45, 7) is 0.892. The van der Waals surface area contributed by atoms with E-state index in [1.54, 1.807) is 0 Å². The smallest absolute Gasteiger partial charge is 0.303 e. The molecule has 0 amide bonds. The van der Waals surface area contributed by atoms with Crippen molar-refractivity contribution in [3.8, 4) is 0 Å². The lowest BCUT2D eigenvalue weighted by molar-refractivity contribution is -0.137. The molecule has 0 unspecified atom stereocenters. The molecule has 1 N–H and O–H groups in total. The third kappa shape index (κ3) is 3.72. The first-order valence-electron chi connectivity index (χ1n) is 4.62. The fraction of sp³-hybridized carbons (Fsp3) is 0.889. The standard InChI is InChI=1S/C9H16O3/c10-9(11)6-2-1-4-8-5-3-7-12-8/h8H,1-7H2,(H,10,11)/t8-/m0/s1. The van der Waals surface area contributed by atoms with E-state index < -0.39 is 5.97 Å². The minimum atomic E-state index is -0.692. The van der Waals surface area contributed by atoms with Crippen LogP contribution in [0.5, 0.6) is 0 Å². The highest BCUT2D eigenvalue weighted by molar-refractivity contribution is 5.66. The predicted molar refractivity (Wildman–Crippen MR) is 45.1 cm³/mol. The Labute approximate surface area is 72.7 Å². The van der Waals surface area contributed by atoms with Crippen molar-refractivity contribution < 1.29 is 14.6 Å². The number of carboxylic acids is 1. The van der Waals surface area contributed by atoms with Gasteiger partial charge in [0, 0.05) is 13.0 Å². The van der Waals surface area contributed by atoms with E-state index in [0.717, 1.165) is 32.3 Å². The molecule has 0 aromatic carbocycles. The molecule has 1 aliphatic rings. The number of aliphatic carboxylic acids is 1. The Morgan fingerprint density at radius 2 is 2.33 bits per heavy atom. The van der Waals surface area contributed by atoms with E-state index in [9.17, 15) is 4.79 Å². The van der Waals surface area contributed by atoms with Crippen molar-refractivity contribution in [3.63, 3.8) is 0 Å². The van der Waals surface area contributed by atoms with Crippen LogP contribution in [0.3, 0.4) is 0 Å². The van der Waals surface area contributed by atoms with E-state index in [2.05, 4.69) is 0 Å². The van der Waals surface area contributed by atoms with Gasteiger partial charge in [0.15, 0.2) is 0 Å². The van der Waals surface area contributed by atoms with E-state index in [-0.39, 0.29) is 0 Å². The van der Waals surface area contributed by atoms with Gasteiger partial charge in [-0.25, -0.2) is 0 Å². The van der Waals surface area contributed by atoms with Gasteiger partial charge >= 0.3 is 5.97 Å². The third-order valence-electron chi connectivity index (χ3n) is 2.19. The van der Waals surface area contributed by atoms with Gasteiger partial charge in [0.05, 0.1) is 6.10 Å². The number of carbonyl (C=O) groups is 1. The summed E-state index contributed by atoms with van der Waals surface area (Å²) in [5, 5.41) is 8.37.